The third-order valence-corrected chi connectivity index (χ3v) is 1.56. The molecule has 17 heavy (non-hydrogen) atoms. The lowest BCUT2D eigenvalue weighted by Gasteiger charge is -2.11. The highest BCUT2D eigenvalue weighted by Gasteiger charge is 2.31. The molecule has 0 atom stereocenters. The first kappa shape index (κ1) is 13.2. The van der Waals surface area contributed by atoms with Crippen LogP contribution in [0.1, 0.15) is 10.4 Å². The van der Waals surface area contributed by atoms with Gasteiger partial charge in [-0.15, -0.1) is 13.2 Å². The molecule has 3 nitrogen and oxygen atoms in total. The van der Waals surface area contributed by atoms with Crippen molar-refractivity contribution in [3.63, 3.8) is 0 Å². The molecule has 0 unspecified atom stereocenters. The molecule has 1 aromatic carbocycles. The van der Waals surface area contributed by atoms with Crippen molar-refractivity contribution >= 4 is 6.29 Å². The second-order valence-electron chi connectivity index (χ2n) is 2.74. The molecule has 0 N–H and O–H groups in total. The number of rotatable bonds is 4. The molecule has 0 radical (unpaired) electrons. The van der Waals surface area contributed by atoms with Gasteiger partial charge in [-0.2, -0.15) is 8.78 Å². The quantitative estimate of drug-likeness (QED) is 0.613. The summed E-state index contributed by atoms with van der Waals surface area (Å²) in [6.45, 7) is -3.18. The van der Waals surface area contributed by atoms with E-state index in [4.69, 9.17) is 0 Å². The Morgan fingerprint density at radius 1 is 1.24 bits per heavy atom. The van der Waals surface area contributed by atoms with Gasteiger partial charge < -0.3 is 9.47 Å². The van der Waals surface area contributed by atoms with Gasteiger partial charge >= 0.3 is 13.0 Å². The second-order valence-corrected chi connectivity index (χ2v) is 2.74. The first-order valence-electron chi connectivity index (χ1n) is 4.11. The zero-order chi connectivity index (χ0) is 13.1. The molecule has 0 aliphatic rings. The van der Waals surface area contributed by atoms with Crippen molar-refractivity contribution in [2.45, 2.75) is 13.0 Å². The largest absolute Gasteiger partial charge is 0.573 e. The molecule has 0 aliphatic carbocycles. The van der Waals surface area contributed by atoms with Crippen LogP contribution in [-0.4, -0.2) is 19.3 Å². The van der Waals surface area contributed by atoms with Gasteiger partial charge in [-0.25, -0.2) is 0 Å². The Labute approximate surface area is 91.7 Å². The number of halogens is 5. The maximum absolute atomic E-state index is 11.9. The van der Waals surface area contributed by atoms with Gasteiger partial charge in [-0.05, 0) is 18.2 Å². The van der Waals surface area contributed by atoms with E-state index < -0.39 is 30.0 Å². The minimum absolute atomic E-state index is 0.0843. The van der Waals surface area contributed by atoms with Crippen molar-refractivity contribution < 1.29 is 36.2 Å². The molecule has 0 aromatic heterocycles. The smallest absolute Gasteiger partial charge is 0.434 e. The van der Waals surface area contributed by atoms with Gasteiger partial charge in [0, 0.05) is 0 Å². The maximum atomic E-state index is 11.9. The number of carbonyl (C=O) groups is 1. The van der Waals surface area contributed by atoms with Gasteiger partial charge in [0.1, 0.15) is 11.5 Å². The third kappa shape index (κ3) is 4.25. The molecule has 0 saturated heterocycles. The Bertz CT molecular complexity index is 402. The Balaban J connectivity index is 2.96. The van der Waals surface area contributed by atoms with Crippen molar-refractivity contribution in [2.24, 2.45) is 0 Å². The average molecular weight is 256 g/mol. The van der Waals surface area contributed by atoms with Crippen LogP contribution in [0.5, 0.6) is 11.5 Å². The van der Waals surface area contributed by atoms with Crippen LogP contribution in [0.25, 0.3) is 0 Å². The first-order chi connectivity index (χ1) is 7.81. The van der Waals surface area contributed by atoms with Crippen LogP contribution in [-0.2, 0) is 0 Å². The lowest BCUT2D eigenvalue weighted by Crippen LogP contribution is -2.17. The molecule has 0 bridgehead atoms. The van der Waals surface area contributed by atoms with Crippen LogP contribution in [0.15, 0.2) is 18.2 Å². The Morgan fingerprint density at radius 2 is 1.88 bits per heavy atom. The SMILES string of the molecule is O=Cc1cc(OC(F)(F)F)ccc1OC(F)F. The topological polar surface area (TPSA) is 35.5 Å². The summed E-state index contributed by atoms with van der Waals surface area (Å²) in [5.41, 5.74) is -0.466. The van der Waals surface area contributed by atoms with Crippen molar-refractivity contribution in [2.75, 3.05) is 0 Å². The lowest BCUT2D eigenvalue weighted by atomic mass is 10.2. The summed E-state index contributed by atoms with van der Waals surface area (Å²) in [6.07, 6.45) is -4.84. The monoisotopic (exact) mass is 256 g/mol. The summed E-state index contributed by atoms with van der Waals surface area (Å²) in [5, 5.41) is 0. The number of alkyl halides is 5. The van der Waals surface area contributed by atoms with Gasteiger partial charge in [0.15, 0.2) is 6.29 Å². The van der Waals surface area contributed by atoms with Gasteiger partial charge in [-0.3, -0.25) is 4.79 Å². The summed E-state index contributed by atoms with van der Waals surface area (Å²) in [6, 6.07) is 2.20. The summed E-state index contributed by atoms with van der Waals surface area (Å²) in [5.74, 6) is -1.22. The fourth-order valence-corrected chi connectivity index (χ4v) is 1.02. The highest BCUT2D eigenvalue weighted by Crippen LogP contribution is 2.28. The highest BCUT2D eigenvalue weighted by molar-refractivity contribution is 5.80. The van der Waals surface area contributed by atoms with Gasteiger partial charge in [0.05, 0.1) is 5.56 Å². The van der Waals surface area contributed by atoms with E-state index in [9.17, 15) is 26.7 Å². The summed E-state index contributed by atoms with van der Waals surface area (Å²) >= 11 is 0. The van der Waals surface area contributed by atoms with Crippen LogP contribution < -0.4 is 9.47 Å². The number of carbonyl (C=O) groups excluding carboxylic acids is 1. The number of ether oxygens (including phenoxy) is 2. The zero-order valence-electron chi connectivity index (χ0n) is 8.00. The predicted octanol–water partition coefficient (Wildman–Crippen LogP) is 3.00. The van der Waals surface area contributed by atoms with Gasteiger partial charge in [0.25, 0.3) is 0 Å². The van der Waals surface area contributed by atoms with Crippen molar-refractivity contribution in [3.05, 3.63) is 23.8 Å². The zero-order valence-corrected chi connectivity index (χ0v) is 8.00. The molecular weight excluding hydrogens is 251 g/mol. The highest BCUT2D eigenvalue weighted by atomic mass is 19.4. The van der Waals surface area contributed by atoms with Crippen molar-refractivity contribution in [1.82, 2.24) is 0 Å². The van der Waals surface area contributed by atoms with Crippen molar-refractivity contribution in [3.8, 4) is 11.5 Å². The van der Waals surface area contributed by atoms with E-state index >= 15 is 0 Å². The first-order valence-corrected chi connectivity index (χ1v) is 4.11. The van der Waals surface area contributed by atoms with E-state index in [1.165, 1.54) is 0 Å². The molecule has 0 spiro atoms. The normalized spacial score (nSPS) is 11.4. The van der Waals surface area contributed by atoms with Crippen LogP contribution in [0, 0.1) is 0 Å². The van der Waals surface area contributed by atoms with Crippen LogP contribution in [0.4, 0.5) is 22.0 Å². The minimum atomic E-state index is -4.93. The van der Waals surface area contributed by atoms with E-state index in [2.05, 4.69) is 9.47 Å². The fourth-order valence-electron chi connectivity index (χ4n) is 1.02. The molecule has 0 saturated carbocycles. The number of hydrogen-bond acceptors (Lipinski definition) is 3. The van der Waals surface area contributed by atoms with E-state index in [1.807, 2.05) is 0 Å². The lowest BCUT2D eigenvalue weighted by molar-refractivity contribution is -0.274. The number of hydrogen-bond donors (Lipinski definition) is 0. The molecule has 0 aliphatic heterocycles. The Hall–Kier alpha value is -1.86. The standard InChI is InChI=1S/C9H5F5O3/c10-8(11)16-7-2-1-6(3-5(7)4-15)17-9(12,13)14/h1-4,8H. The fraction of sp³-hybridized carbons (Fsp3) is 0.222. The third-order valence-electron chi connectivity index (χ3n) is 1.56. The Kier molecular flexibility index (Phi) is 3.87. The van der Waals surface area contributed by atoms with Gasteiger partial charge in [-0.1, -0.05) is 0 Å². The van der Waals surface area contributed by atoms with E-state index in [-0.39, 0.29) is 6.29 Å². The number of aldehydes is 1. The molecule has 94 valence electrons. The molecule has 8 heteroatoms. The molecule has 1 rings (SSSR count). The molecule has 0 heterocycles. The number of benzene rings is 1. The van der Waals surface area contributed by atoms with E-state index in [0.717, 1.165) is 12.1 Å². The summed E-state index contributed by atoms with van der Waals surface area (Å²) in [7, 11) is 0. The Morgan fingerprint density at radius 3 is 2.35 bits per heavy atom. The van der Waals surface area contributed by atoms with Crippen LogP contribution in [0.2, 0.25) is 0 Å². The van der Waals surface area contributed by atoms with E-state index in [1.54, 1.807) is 0 Å². The summed E-state index contributed by atoms with van der Waals surface area (Å²) in [4.78, 5) is 10.5. The van der Waals surface area contributed by atoms with E-state index in [0.29, 0.717) is 6.07 Å². The maximum Gasteiger partial charge on any atom is 0.573 e. The van der Waals surface area contributed by atoms with Crippen LogP contribution in [0.3, 0.4) is 0 Å². The average Bonchev–Trinajstić information content (AvgIpc) is 2.17. The van der Waals surface area contributed by atoms with Gasteiger partial charge in [0.2, 0.25) is 0 Å². The molecule has 1 aromatic rings. The van der Waals surface area contributed by atoms with Crippen LogP contribution >= 0.6 is 0 Å². The van der Waals surface area contributed by atoms with Crippen molar-refractivity contribution in [1.29, 1.82) is 0 Å². The predicted molar refractivity (Wildman–Crippen MR) is 45.1 cm³/mol. The molecule has 0 fully saturated rings. The minimum Gasteiger partial charge on any atom is -0.434 e. The molecule has 0 amide bonds. The molecular formula is C9H5F5O3. The second kappa shape index (κ2) is 4.98. The summed E-state index contributed by atoms with van der Waals surface area (Å²) < 4.78 is 66.6.